The number of rotatable bonds is 7. The van der Waals surface area contributed by atoms with Gasteiger partial charge >= 0.3 is 0 Å². The molecule has 0 bridgehead atoms. The van der Waals surface area contributed by atoms with E-state index < -0.39 is 0 Å². The second-order valence-corrected chi connectivity index (χ2v) is 9.64. The monoisotopic (exact) mass is 466 g/mol. The fourth-order valence-electron chi connectivity index (χ4n) is 5.22. The zero-order valence-electron chi connectivity index (χ0n) is 21.4. The Balaban J connectivity index is 0.000000239. The third-order valence-corrected chi connectivity index (χ3v) is 7.18. The van der Waals surface area contributed by atoms with E-state index in [1.54, 1.807) is 0 Å². The van der Waals surface area contributed by atoms with Crippen LogP contribution in [0, 0.1) is 18.3 Å². The summed E-state index contributed by atoms with van der Waals surface area (Å²) in [4.78, 5) is 9.21. The lowest BCUT2D eigenvalue weighted by atomic mass is 9.89. The topological polar surface area (TPSA) is 58.6 Å². The van der Waals surface area contributed by atoms with Crippen molar-refractivity contribution in [2.75, 3.05) is 13.1 Å². The molecule has 2 N–H and O–H groups in total. The van der Waals surface area contributed by atoms with E-state index in [1.807, 2.05) is 24.4 Å². The van der Waals surface area contributed by atoms with Crippen LogP contribution in [-0.4, -0.2) is 34.0 Å². The number of unbranched alkanes of at least 4 members (excludes halogenated alkanes) is 1. The Hall–Kier alpha value is -3.29. The van der Waals surface area contributed by atoms with Crippen molar-refractivity contribution in [2.45, 2.75) is 65.3 Å². The number of fused-ring (bicyclic) bond motifs is 2. The smallest absolute Gasteiger partial charge is 0.0991 e. The first-order valence-electron chi connectivity index (χ1n) is 13.1. The number of nitriles is 1. The number of allylic oxidation sites excluding steroid dienone is 1. The summed E-state index contributed by atoms with van der Waals surface area (Å²) in [5.41, 5.74) is 7.12. The van der Waals surface area contributed by atoms with E-state index in [1.165, 1.54) is 71.8 Å². The van der Waals surface area contributed by atoms with Gasteiger partial charge in [0.15, 0.2) is 0 Å². The van der Waals surface area contributed by atoms with E-state index in [2.05, 4.69) is 78.2 Å². The van der Waals surface area contributed by atoms with E-state index in [-0.39, 0.29) is 0 Å². The number of H-pyrrole nitrogens is 2. The van der Waals surface area contributed by atoms with Gasteiger partial charge in [0.05, 0.1) is 11.6 Å². The minimum absolute atomic E-state index is 0.690. The molecule has 182 valence electrons. The Kier molecular flexibility index (Phi) is 8.45. The molecule has 0 saturated heterocycles. The number of hydrogen-bond acceptors (Lipinski definition) is 2. The van der Waals surface area contributed by atoms with Crippen molar-refractivity contribution in [3.05, 3.63) is 77.6 Å². The predicted molar refractivity (Wildman–Crippen MR) is 148 cm³/mol. The first kappa shape index (κ1) is 24.8. The van der Waals surface area contributed by atoms with Gasteiger partial charge in [0.25, 0.3) is 0 Å². The van der Waals surface area contributed by atoms with Crippen LogP contribution in [0.2, 0.25) is 0 Å². The van der Waals surface area contributed by atoms with Crippen LogP contribution in [-0.2, 0) is 0 Å². The molecule has 2 aromatic carbocycles. The third-order valence-electron chi connectivity index (χ3n) is 7.18. The summed E-state index contributed by atoms with van der Waals surface area (Å²) in [5.74, 6) is 0. The van der Waals surface area contributed by atoms with Gasteiger partial charge in [-0.15, -0.1) is 0 Å². The summed E-state index contributed by atoms with van der Waals surface area (Å²) < 4.78 is 0. The van der Waals surface area contributed by atoms with Gasteiger partial charge < -0.3 is 14.9 Å². The highest BCUT2D eigenvalue weighted by atomic mass is 15.1. The third kappa shape index (κ3) is 5.86. The molecule has 1 aliphatic carbocycles. The molecule has 5 rings (SSSR count). The van der Waals surface area contributed by atoms with E-state index in [0.29, 0.717) is 6.04 Å². The number of hydrogen-bond donors (Lipinski definition) is 2. The van der Waals surface area contributed by atoms with Gasteiger partial charge in [-0.05, 0) is 93.6 Å². The number of aromatic nitrogens is 2. The van der Waals surface area contributed by atoms with Gasteiger partial charge in [-0.25, -0.2) is 0 Å². The minimum atomic E-state index is 0.690. The number of nitrogens with one attached hydrogen (secondary N) is 2. The van der Waals surface area contributed by atoms with E-state index in [0.717, 1.165) is 23.9 Å². The normalized spacial score (nSPS) is 15.6. The van der Waals surface area contributed by atoms with E-state index in [9.17, 15) is 5.26 Å². The lowest BCUT2D eigenvalue weighted by molar-refractivity contribution is 0.183. The molecule has 0 aliphatic heterocycles. The molecule has 0 saturated carbocycles. The van der Waals surface area contributed by atoms with Crippen LogP contribution < -0.4 is 0 Å². The summed E-state index contributed by atoms with van der Waals surface area (Å²) in [5, 5.41) is 11.7. The number of aromatic amines is 2. The molecular weight excluding hydrogens is 428 g/mol. The van der Waals surface area contributed by atoms with Crippen LogP contribution in [0.5, 0.6) is 0 Å². The maximum absolute atomic E-state index is 9.17. The highest BCUT2D eigenvalue weighted by Crippen LogP contribution is 2.34. The van der Waals surface area contributed by atoms with Gasteiger partial charge in [-0.2, -0.15) is 5.26 Å². The Morgan fingerprint density at radius 2 is 1.86 bits per heavy atom. The minimum Gasteiger partial charge on any atom is -0.361 e. The van der Waals surface area contributed by atoms with Crippen LogP contribution in [0.25, 0.3) is 27.4 Å². The first-order valence-corrected chi connectivity index (χ1v) is 13.1. The molecule has 4 aromatic rings. The molecule has 0 amide bonds. The van der Waals surface area contributed by atoms with Crippen LogP contribution in [0.4, 0.5) is 0 Å². The van der Waals surface area contributed by atoms with Crippen molar-refractivity contribution < 1.29 is 0 Å². The zero-order valence-corrected chi connectivity index (χ0v) is 21.4. The lowest BCUT2D eigenvalue weighted by Crippen LogP contribution is -2.37. The zero-order chi connectivity index (χ0) is 24.6. The molecule has 4 heteroatoms. The summed E-state index contributed by atoms with van der Waals surface area (Å²) >= 11 is 0. The molecule has 0 radical (unpaired) electrons. The SMILES string of the molecule is CCCCN(CCC)C1CC=C(c2c[nH]c3ccc(C#N)cc23)CC1.Cc1cccc2[nH]ccc12. The van der Waals surface area contributed by atoms with Gasteiger partial charge in [-0.3, -0.25) is 0 Å². The molecule has 0 spiro atoms. The highest BCUT2D eigenvalue weighted by molar-refractivity contribution is 5.93. The summed E-state index contributed by atoms with van der Waals surface area (Å²) in [6.45, 7) is 9.12. The van der Waals surface area contributed by atoms with Crippen LogP contribution >= 0.6 is 0 Å². The quantitative estimate of drug-likeness (QED) is 0.290. The molecular formula is C31H38N4. The highest BCUT2D eigenvalue weighted by Gasteiger charge is 2.22. The summed E-state index contributed by atoms with van der Waals surface area (Å²) in [6.07, 6.45) is 13.8. The molecule has 1 atom stereocenters. The molecule has 4 nitrogen and oxygen atoms in total. The number of benzene rings is 2. The Morgan fingerprint density at radius 3 is 2.57 bits per heavy atom. The average Bonchev–Trinajstić information content (AvgIpc) is 3.55. The maximum atomic E-state index is 9.17. The van der Waals surface area contributed by atoms with Crippen LogP contribution in [0.3, 0.4) is 0 Å². The van der Waals surface area contributed by atoms with Crippen molar-refractivity contribution in [3.63, 3.8) is 0 Å². The van der Waals surface area contributed by atoms with Crippen molar-refractivity contribution in [1.82, 2.24) is 14.9 Å². The fourth-order valence-corrected chi connectivity index (χ4v) is 5.22. The lowest BCUT2D eigenvalue weighted by Gasteiger charge is -2.33. The molecule has 2 heterocycles. The van der Waals surface area contributed by atoms with E-state index >= 15 is 0 Å². The fraction of sp³-hybridized carbons (Fsp3) is 0.387. The summed E-state index contributed by atoms with van der Waals surface area (Å²) in [7, 11) is 0. The van der Waals surface area contributed by atoms with Crippen LogP contribution in [0.1, 0.15) is 69.1 Å². The Bertz CT molecular complexity index is 1320. The van der Waals surface area contributed by atoms with Crippen molar-refractivity contribution in [3.8, 4) is 6.07 Å². The molecule has 1 aliphatic rings. The first-order chi connectivity index (χ1) is 17.1. The second-order valence-electron chi connectivity index (χ2n) is 9.64. The van der Waals surface area contributed by atoms with Gasteiger partial charge in [0.2, 0.25) is 0 Å². The molecule has 35 heavy (non-hydrogen) atoms. The molecule has 1 unspecified atom stereocenters. The van der Waals surface area contributed by atoms with Gasteiger partial charge in [-0.1, -0.05) is 38.5 Å². The van der Waals surface area contributed by atoms with Crippen molar-refractivity contribution >= 4 is 27.4 Å². The number of aryl methyl sites for hydroxylation is 1. The van der Waals surface area contributed by atoms with Gasteiger partial charge in [0.1, 0.15) is 0 Å². The summed E-state index contributed by atoms with van der Waals surface area (Å²) in [6, 6.07) is 17.2. The van der Waals surface area contributed by atoms with Gasteiger partial charge in [0, 0.05) is 45.8 Å². The van der Waals surface area contributed by atoms with Crippen LogP contribution in [0.15, 0.2) is 60.9 Å². The number of nitrogens with zero attached hydrogens (tertiary/aromatic N) is 2. The Labute approximate surface area is 209 Å². The maximum Gasteiger partial charge on any atom is 0.0991 e. The average molecular weight is 467 g/mol. The molecule has 2 aromatic heterocycles. The molecule has 0 fully saturated rings. The predicted octanol–water partition coefficient (Wildman–Crippen LogP) is 7.96. The Morgan fingerprint density at radius 1 is 1.00 bits per heavy atom. The van der Waals surface area contributed by atoms with Crippen molar-refractivity contribution in [1.29, 1.82) is 5.26 Å². The van der Waals surface area contributed by atoms with E-state index in [4.69, 9.17) is 0 Å². The largest absolute Gasteiger partial charge is 0.361 e. The van der Waals surface area contributed by atoms with Crippen molar-refractivity contribution in [2.24, 2.45) is 0 Å². The second kappa shape index (κ2) is 11.9. The standard InChI is InChI=1S/C22H29N3.C9H9N/c1-3-5-13-25(12-4-2)19-9-7-18(8-10-19)21-16-24-22-11-6-17(15-23)14-20(21)22;1-7-3-2-4-9-8(7)5-6-10-9/h6-7,11,14,16,19,24H,3-5,8-10,12-13H2,1-2H3;2-6,10H,1H3.